The predicted molar refractivity (Wildman–Crippen MR) is 139 cm³/mol. The molecule has 0 atom stereocenters. The number of fused-ring (bicyclic) bond motifs is 2. The summed E-state index contributed by atoms with van der Waals surface area (Å²) in [5, 5.41) is 2.97. The summed E-state index contributed by atoms with van der Waals surface area (Å²) in [6.45, 7) is 2.86. The third-order valence-electron chi connectivity index (χ3n) is 6.89. The third-order valence-corrected chi connectivity index (χ3v) is 6.89. The fourth-order valence-corrected chi connectivity index (χ4v) is 4.82. The Hall–Kier alpha value is -4.14. The second kappa shape index (κ2) is 9.85. The Bertz CT molecular complexity index is 1530. The monoisotopic (exact) mass is 486 g/mol. The van der Waals surface area contributed by atoms with Crippen molar-refractivity contribution in [3.05, 3.63) is 92.4 Å². The van der Waals surface area contributed by atoms with Crippen molar-refractivity contribution in [2.45, 2.75) is 38.9 Å². The summed E-state index contributed by atoms with van der Waals surface area (Å²) in [5.41, 5.74) is 4.96. The Morgan fingerprint density at radius 3 is 2.56 bits per heavy atom. The minimum atomic E-state index is -0.411. The second-order valence-electron chi connectivity index (χ2n) is 9.31. The van der Waals surface area contributed by atoms with E-state index in [-0.39, 0.29) is 11.5 Å². The molecule has 1 N–H and O–H groups in total. The van der Waals surface area contributed by atoms with Crippen molar-refractivity contribution >= 4 is 22.8 Å². The maximum absolute atomic E-state index is 12.5. The Kier molecular flexibility index (Phi) is 6.45. The molecule has 0 saturated heterocycles. The first-order chi connectivity index (χ1) is 17.4. The number of hydrogen-bond donors (Lipinski definition) is 1. The number of imidazole rings is 1. The summed E-state index contributed by atoms with van der Waals surface area (Å²) in [6.07, 6.45) is 3.52. The van der Waals surface area contributed by atoms with Crippen LogP contribution in [0.5, 0.6) is 0 Å². The Morgan fingerprint density at radius 1 is 1.00 bits per heavy atom. The van der Waals surface area contributed by atoms with Crippen molar-refractivity contribution in [3.8, 4) is 0 Å². The van der Waals surface area contributed by atoms with E-state index in [1.807, 2.05) is 0 Å². The van der Waals surface area contributed by atoms with Gasteiger partial charge in [0.1, 0.15) is 0 Å². The van der Waals surface area contributed by atoms with E-state index in [9.17, 15) is 14.4 Å². The largest absolute Gasteiger partial charge is 0.367 e. The second-order valence-corrected chi connectivity index (χ2v) is 9.31. The van der Waals surface area contributed by atoms with Gasteiger partial charge in [0.15, 0.2) is 11.2 Å². The van der Waals surface area contributed by atoms with Crippen LogP contribution < -0.4 is 21.5 Å². The molecule has 0 spiro atoms. The van der Waals surface area contributed by atoms with Crippen LogP contribution in [-0.2, 0) is 44.9 Å². The van der Waals surface area contributed by atoms with Gasteiger partial charge in [0.25, 0.3) is 5.56 Å². The number of carbonyl (C=O) groups is 1. The van der Waals surface area contributed by atoms with Gasteiger partial charge in [-0.05, 0) is 35.6 Å². The number of nitrogens with one attached hydrogen (secondary N) is 1. The van der Waals surface area contributed by atoms with Gasteiger partial charge in [-0.1, -0.05) is 42.5 Å². The summed E-state index contributed by atoms with van der Waals surface area (Å²) < 4.78 is 4.14. The molecule has 5 rings (SSSR count). The maximum atomic E-state index is 12.5. The van der Waals surface area contributed by atoms with Crippen molar-refractivity contribution in [1.29, 1.82) is 0 Å². The highest BCUT2D eigenvalue weighted by atomic mass is 16.2. The van der Waals surface area contributed by atoms with Crippen LogP contribution in [0.25, 0.3) is 11.2 Å². The van der Waals surface area contributed by atoms with Crippen LogP contribution in [0.15, 0.2) is 64.4 Å². The van der Waals surface area contributed by atoms with Gasteiger partial charge in [-0.2, -0.15) is 0 Å². The average Bonchev–Trinajstić information content (AvgIpc) is 3.50. The van der Waals surface area contributed by atoms with Crippen molar-refractivity contribution < 1.29 is 4.79 Å². The summed E-state index contributed by atoms with van der Waals surface area (Å²) in [4.78, 5) is 43.6. The lowest BCUT2D eigenvalue weighted by atomic mass is 10.1. The molecule has 9 heteroatoms. The van der Waals surface area contributed by atoms with E-state index >= 15 is 0 Å². The van der Waals surface area contributed by atoms with Crippen LogP contribution in [0.3, 0.4) is 0 Å². The van der Waals surface area contributed by atoms with Gasteiger partial charge in [-0.3, -0.25) is 18.7 Å². The van der Waals surface area contributed by atoms with Gasteiger partial charge in [0.05, 0.1) is 6.33 Å². The Balaban J connectivity index is 1.11. The topological polar surface area (TPSA) is 94.2 Å². The average molecular weight is 487 g/mol. The minimum absolute atomic E-state index is 0.0440. The van der Waals surface area contributed by atoms with Crippen LogP contribution in [0, 0.1) is 0 Å². The van der Waals surface area contributed by atoms with Gasteiger partial charge in [0, 0.05) is 52.4 Å². The van der Waals surface area contributed by atoms with Crippen molar-refractivity contribution in [2.24, 2.45) is 14.1 Å². The summed E-state index contributed by atoms with van der Waals surface area (Å²) in [6, 6.07) is 16.9. The van der Waals surface area contributed by atoms with E-state index in [1.165, 1.54) is 28.4 Å². The van der Waals surface area contributed by atoms with E-state index < -0.39 is 5.69 Å². The number of hydrogen-bond acceptors (Lipinski definition) is 5. The zero-order valence-corrected chi connectivity index (χ0v) is 20.6. The number of aromatic nitrogens is 4. The predicted octanol–water partition coefficient (Wildman–Crippen LogP) is 2.09. The van der Waals surface area contributed by atoms with Gasteiger partial charge in [-0.25, -0.2) is 9.78 Å². The molecule has 1 aliphatic rings. The molecule has 0 fully saturated rings. The molecule has 3 heterocycles. The fourth-order valence-electron chi connectivity index (χ4n) is 4.82. The molecular weight excluding hydrogens is 456 g/mol. The normalized spacial score (nSPS) is 12.8. The molecule has 2 aromatic carbocycles. The summed E-state index contributed by atoms with van der Waals surface area (Å²) in [7, 11) is 3.04. The van der Waals surface area contributed by atoms with E-state index in [0.29, 0.717) is 37.1 Å². The molecule has 0 saturated carbocycles. The molecule has 186 valence electrons. The van der Waals surface area contributed by atoms with Crippen molar-refractivity contribution in [3.63, 3.8) is 0 Å². The molecule has 1 amide bonds. The first-order valence-corrected chi connectivity index (χ1v) is 12.2. The molecule has 2 aromatic heterocycles. The number of amides is 1. The molecule has 36 heavy (non-hydrogen) atoms. The number of para-hydroxylation sites is 1. The lowest BCUT2D eigenvalue weighted by Crippen LogP contribution is -2.37. The van der Waals surface area contributed by atoms with E-state index in [2.05, 4.69) is 63.7 Å². The van der Waals surface area contributed by atoms with Gasteiger partial charge in [-0.15, -0.1) is 0 Å². The van der Waals surface area contributed by atoms with Gasteiger partial charge in [0.2, 0.25) is 5.91 Å². The standard InChI is InChI=1S/C27H30N6O3/c1-30-25-24(26(35)31(2)27(30)36)33(18-29-25)14-5-8-23(34)28-16-19-9-11-20(12-10-19)17-32-15-13-21-6-3-4-7-22(21)32/h3-4,6-7,9-12,18H,5,8,13-17H2,1-2H3,(H,28,34). The number of rotatable bonds is 8. The van der Waals surface area contributed by atoms with Crippen LogP contribution in [0.4, 0.5) is 5.69 Å². The third kappa shape index (κ3) is 4.56. The number of anilines is 1. The number of nitrogens with zero attached hydrogens (tertiary/aromatic N) is 5. The highest BCUT2D eigenvalue weighted by molar-refractivity contribution is 5.76. The number of benzene rings is 2. The SMILES string of the molecule is Cn1c(=O)c2c(ncn2CCCC(=O)NCc2ccc(CN3CCc4ccccc43)cc2)n(C)c1=O. The van der Waals surface area contributed by atoms with Crippen molar-refractivity contribution in [1.82, 2.24) is 24.0 Å². The van der Waals surface area contributed by atoms with E-state index in [0.717, 1.165) is 29.6 Å². The zero-order valence-electron chi connectivity index (χ0n) is 20.6. The van der Waals surface area contributed by atoms with Crippen LogP contribution >= 0.6 is 0 Å². The molecule has 0 unspecified atom stereocenters. The van der Waals surface area contributed by atoms with Crippen LogP contribution in [-0.4, -0.2) is 31.1 Å². The van der Waals surface area contributed by atoms with Crippen molar-refractivity contribution in [2.75, 3.05) is 11.4 Å². The first kappa shape index (κ1) is 23.6. The molecule has 4 aromatic rings. The molecule has 0 bridgehead atoms. The maximum Gasteiger partial charge on any atom is 0.332 e. The minimum Gasteiger partial charge on any atom is -0.367 e. The van der Waals surface area contributed by atoms with E-state index in [4.69, 9.17) is 0 Å². The van der Waals surface area contributed by atoms with Crippen LogP contribution in [0.1, 0.15) is 29.5 Å². The Morgan fingerprint density at radius 2 is 1.75 bits per heavy atom. The first-order valence-electron chi connectivity index (χ1n) is 12.2. The molecule has 0 aliphatic carbocycles. The highest BCUT2D eigenvalue weighted by Gasteiger charge is 2.18. The van der Waals surface area contributed by atoms with E-state index in [1.54, 1.807) is 17.9 Å². The van der Waals surface area contributed by atoms with Gasteiger partial charge < -0.3 is 14.8 Å². The molecule has 0 radical (unpaired) electrons. The smallest absolute Gasteiger partial charge is 0.332 e. The van der Waals surface area contributed by atoms with Gasteiger partial charge >= 0.3 is 5.69 Å². The molecule has 1 aliphatic heterocycles. The lowest BCUT2D eigenvalue weighted by Gasteiger charge is -2.19. The quantitative estimate of drug-likeness (QED) is 0.412. The summed E-state index contributed by atoms with van der Waals surface area (Å²) >= 11 is 0. The number of aryl methyl sites for hydroxylation is 2. The highest BCUT2D eigenvalue weighted by Crippen LogP contribution is 2.28. The Labute approximate surface area is 208 Å². The summed E-state index contributed by atoms with van der Waals surface area (Å²) in [5.74, 6) is -0.0440. The zero-order chi connectivity index (χ0) is 25.2. The molecular formula is C27H30N6O3. The lowest BCUT2D eigenvalue weighted by molar-refractivity contribution is -0.121. The van der Waals surface area contributed by atoms with Crippen LogP contribution in [0.2, 0.25) is 0 Å². The fraction of sp³-hybridized carbons (Fsp3) is 0.333. The number of carbonyl (C=O) groups excluding carboxylic acids is 1. The molecule has 9 nitrogen and oxygen atoms in total.